The fraction of sp³-hybridized carbons (Fsp3) is 0.500. The van der Waals surface area contributed by atoms with E-state index in [0.717, 1.165) is 12.0 Å². The minimum absolute atomic E-state index is 0.00153. The van der Waals surface area contributed by atoms with Crippen LogP contribution in [0.4, 0.5) is 0 Å². The molecule has 0 atom stereocenters. The van der Waals surface area contributed by atoms with Crippen molar-refractivity contribution >= 4 is 17.7 Å². The summed E-state index contributed by atoms with van der Waals surface area (Å²) in [6.45, 7) is 5.97. The van der Waals surface area contributed by atoms with Crippen LogP contribution in [0.2, 0.25) is 0 Å². The Hall–Kier alpha value is -2.37. The first-order valence-electron chi connectivity index (χ1n) is 8.41. The zero-order valence-corrected chi connectivity index (χ0v) is 14.4. The Morgan fingerprint density at radius 1 is 1.00 bits per heavy atom. The van der Waals surface area contributed by atoms with E-state index >= 15 is 0 Å². The van der Waals surface area contributed by atoms with E-state index in [9.17, 15) is 14.4 Å². The first-order valence-corrected chi connectivity index (χ1v) is 8.41. The number of carbonyl (C=O) groups is 3. The zero-order chi connectivity index (χ0) is 17.5. The van der Waals surface area contributed by atoms with Crippen LogP contribution in [0.3, 0.4) is 0 Å². The van der Waals surface area contributed by atoms with E-state index in [-0.39, 0.29) is 24.3 Å². The van der Waals surface area contributed by atoms with Gasteiger partial charge in [-0.25, -0.2) is 0 Å². The van der Waals surface area contributed by atoms with Crippen LogP contribution < -0.4 is 5.32 Å². The standard InChI is InChI=1S/C18H25N3O3/c1-3-4-16(22)19-13-17(23)20-9-11-21(12-10-20)18(24)15-7-5-14(2)6-8-15/h5-8H,3-4,9-13H2,1-2H3,(H,19,22). The van der Waals surface area contributed by atoms with Gasteiger partial charge in [-0.15, -0.1) is 0 Å². The molecular weight excluding hydrogens is 306 g/mol. The number of benzene rings is 1. The van der Waals surface area contributed by atoms with Crippen molar-refractivity contribution in [3.63, 3.8) is 0 Å². The summed E-state index contributed by atoms with van der Waals surface area (Å²) in [6, 6.07) is 7.51. The lowest BCUT2D eigenvalue weighted by molar-refractivity contribution is -0.134. The highest BCUT2D eigenvalue weighted by Gasteiger charge is 2.24. The van der Waals surface area contributed by atoms with Gasteiger partial charge in [0.1, 0.15) is 0 Å². The SMILES string of the molecule is CCCC(=O)NCC(=O)N1CCN(C(=O)c2ccc(C)cc2)CC1. The van der Waals surface area contributed by atoms with Crippen molar-refractivity contribution in [1.82, 2.24) is 15.1 Å². The molecule has 0 aliphatic carbocycles. The topological polar surface area (TPSA) is 69.7 Å². The van der Waals surface area contributed by atoms with Crippen molar-refractivity contribution in [2.75, 3.05) is 32.7 Å². The molecule has 1 aliphatic rings. The maximum absolute atomic E-state index is 12.4. The number of amides is 3. The van der Waals surface area contributed by atoms with Crippen LogP contribution in [0.25, 0.3) is 0 Å². The summed E-state index contributed by atoms with van der Waals surface area (Å²) < 4.78 is 0. The van der Waals surface area contributed by atoms with Crippen LogP contribution >= 0.6 is 0 Å². The number of carbonyl (C=O) groups excluding carboxylic acids is 3. The second-order valence-electron chi connectivity index (χ2n) is 6.07. The molecule has 1 aliphatic heterocycles. The largest absolute Gasteiger partial charge is 0.347 e. The molecule has 0 saturated carbocycles. The first kappa shape index (κ1) is 18.0. The molecule has 24 heavy (non-hydrogen) atoms. The molecule has 1 N–H and O–H groups in total. The molecule has 0 aromatic heterocycles. The van der Waals surface area contributed by atoms with Gasteiger partial charge in [0.25, 0.3) is 5.91 Å². The van der Waals surface area contributed by atoms with Crippen molar-refractivity contribution in [2.45, 2.75) is 26.7 Å². The lowest BCUT2D eigenvalue weighted by atomic mass is 10.1. The maximum atomic E-state index is 12.4. The van der Waals surface area contributed by atoms with Crippen LogP contribution in [-0.4, -0.2) is 60.2 Å². The van der Waals surface area contributed by atoms with Crippen LogP contribution in [0, 0.1) is 6.92 Å². The van der Waals surface area contributed by atoms with Crippen LogP contribution in [0.5, 0.6) is 0 Å². The molecule has 0 unspecified atom stereocenters. The smallest absolute Gasteiger partial charge is 0.253 e. The zero-order valence-electron chi connectivity index (χ0n) is 14.4. The molecule has 6 heteroatoms. The van der Waals surface area contributed by atoms with Gasteiger partial charge < -0.3 is 15.1 Å². The third-order valence-electron chi connectivity index (χ3n) is 4.13. The molecule has 1 aromatic carbocycles. The normalized spacial score (nSPS) is 14.4. The Morgan fingerprint density at radius 3 is 2.17 bits per heavy atom. The second kappa shape index (κ2) is 8.47. The molecule has 0 bridgehead atoms. The first-order chi connectivity index (χ1) is 11.5. The molecule has 2 rings (SSSR count). The van der Waals surface area contributed by atoms with E-state index in [1.165, 1.54) is 0 Å². The van der Waals surface area contributed by atoms with Crippen molar-refractivity contribution < 1.29 is 14.4 Å². The van der Waals surface area contributed by atoms with E-state index in [1.807, 2.05) is 38.1 Å². The Labute approximate surface area is 142 Å². The Kier molecular flexibility index (Phi) is 6.35. The summed E-state index contributed by atoms with van der Waals surface area (Å²) in [7, 11) is 0. The molecule has 0 spiro atoms. The highest BCUT2D eigenvalue weighted by Crippen LogP contribution is 2.10. The minimum Gasteiger partial charge on any atom is -0.347 e. The summed E-state index contributed by atoms with van der Waals surface area (Å²) in [5.74, 6) is -0.195. The van der Waals surface area contributed by atoms with Gasteiger partial charge >= 0.3 is 0 Å². The summed E-state index contributed by atoms with van der Waals surface area (Å²) in [4.78, 5) is 39.4. The molecule has 1 aromatic rings. The Morgan fingerprint density at radius 2 is 1.58 bits per heavy atom. The van der Waals surface area contributed by atoms with Gasteiger partial charge in [0.2, 0.25) is 11.8 Å². The Bertz CT molecular complexity index is 590. The quantitative estimate of drug-likeness (QED) is 0.881. The van der Waals surface area contributed by atoms with Gasteiger partial charge in [-0.2, -0.15) is 0 Å². The van der Waals surface area contributed by atoms with Crippen molar-refractivity contribution in [1.29, 1.82) is 0 Å². The van der Waals surface area contributed by atoms with Crippen LogP contribution in [-0.2, 0) is 9.59 Å². The summed E-state index contributed by atoms with van der Waals surface area (Å²) >= 11 is 0. The fourth-order valence-corrected chi connectivity index (χ4v) is 2.64. The summed E-state index contributed by atoms with van der Waals surface area (Å²) in [6.07, 6.45) is 1.20. The highest BCUT2D eigenvalue weighted by molar-refractivity contribution is 5.94. The predicted octanol–water partition coefficient (Wildman–Crippen LogP) is 1.20. The van der Waals surface area contributed by atoms with E-state index in [4.69, 9.17) is 0 Å². The number of hydrogen-bond acceptors (Lipinski definition) is 3. The third kappa shape index (κ3) is 4.81. The van der Waals surface area contributed by atoms with E-state index in [2.05, 4.69) is 5.32 Å². The molecule has 1 fully saturated rings. The molecule has 0 radical (unpaired) electrons. The lowest BCUT2D eigenvalue weighted by Gasteiger charge is -2.34. The van der Waals surface area contributed by atoms with Crippen LogP contribution in [0.1, 0.15) is 35.7 Å². The van der Waals surface area contributed by atoms with E-state index < -0.39 is 0 Å². The molecule has 3 amide bonds. The monoisotopic (exact) mass is 331 g/mol. The average Bonchev–Trinajstić information content (AvgIpc) is 2.60. The number of aryl methyl sites for hydroxylation is 1. The molecule has 1 saturated heterocycles. The maximum Gasteiger partial charge on any atom is 0.253 e. The van der Waals surface area contributed by atoms with Crippen molar-refractivity contribution in [3.05, 3.63) is 35.4 Å². The molecule has 130 valence electrons. The summed E-state index contributed by atoms with van der Waals surface area (Å²) in [5.41, 5.74) is 1.79. The molecule has 6 nitrogen and oxygen atoms in total. The molecular formula is C18H25N3O3. The third-order valence-corrected chi connectivity index (χ3v) is 4.13. The number of piperazine rings is 1. The summed E-state index contributed by atoms with van der Waals surface area (Å²) in [5, 5.41) is 2.64. The lowest BCUT2D eigenvalue weighted by Crippen LogP contribution is -2.52. The Balaban J connectivity index is 1.80. The van der Waals surface area contributed by atoms with Crippen LogP contribution in [0.15, 0.2) is 24.3 Å². The van der Waals surface area contributed by atoms with Gasteiger partial charge in [0.15, 0.2) is 0 Å². The fourth-order valence-electron chi connectivity index (χ4n) is 2.64. The van der Waals surface area contributed by atoms with E-state index in [0.29, 0.717) is 38.2 Å². The van der Waals surface area contributed by atoms with Gasteiger partial charge in [-0.3, -0.25) is 14.4 Å². The number of hydrogen-bond donors (Lipinski definition) is 1. The predicted molar refractivity (Wildman–Crippen MR) is 91.6 cm³/mol. The number of nitrogens with zero attached hydrogens (tertiary/aromatic N) is 2. The van der Waals surface area contributed by atoms with E-state index in [1.54, 1.807) is 9.80 Å². The highest BCUT2D eigenvalue weighted by atomic mass is 16.2. The van der Waals surface area contributed by atoms with Gasteiger partial charge in [0.05, 0.1) is 6.54 Å². The number of rotatable bonds is 5. The second-order valence-corrected chi connectivity index (χ2v) is 6.07. The number of nitrogens with one attached hydrogen (secondary N) is 1. The average molecular weight is 331 g/mol. The van der Waals surface area contributed by atoms with Crippen molar-refractivity contribution in [3.8, 4) is 0 Å². The van der Waals surface area contributed by atoms with Gasteiger partial charge in [-0.1, -0.05) is 24.6 Å². The van der Waals surface area contributed by atoms with Crippen molar-refractivity contribution in [2.24, 2.45) is 0 Å². The van der Waals surface area contributed by atoms with Gasteiger partial charge in [0, 0.05) is 38.2 Å². The van der Waals surface area contributed by atoms with Gasteiger partial charge in [-0.05, 0) is 25.5 Å². The molecule has 1 heterocycles. The minimum atomic E-state index is -0.0981.